The minimum absolute atomic E-state index is 0.128. The van der Waals surface area contributed by atoms with Gasteiger partial charge in [0.2, 0.25) is 0 Å². The molecule has 17 heavy (non-hydrogen) atoms. The SMILES string of the molecule is NC1CCCCC1.O=[N+]([O-])NC1CCCCC1. The smallest absolute Gasteiger partial charge is 0.157 e. The van der Waals surface area contributed by atoms with Crippen LogP contribution in [0.4, 0.5) is 0 Å². The average Bonchev–Trinajstić information content (AvgIpc) is 2.31. The van der Waals surface area contributed by atoms with Gasteiger partial charge < -0.3 is 5.73 Å². The first-order valence-electron chi connectivity index (χ1n) is 6.84. The lowest BCUT2D eigenvalue weighted by atomic mass is 9.96. The van der Waals surface area contributed by atoms with Crippen molar-refractivity contribution in [2.45, 2.75) is 76.3 Å². The number of hydrogen-bond acceptors (Lipinski definition) is 3. The van der Waals surface area contributed by atoms with Gasteiger partial charge in [-0.1, -0.05) is 38.5 Å². The highest BCUT2D eigenvalue weighted by molar-refractivity contribution is 4.67. The van der Waals surface area contributed by atoms with Crippen molar-refractivity contribution in [2.24, 2.45) is 5.73 Å². The van der Waals surface area contributed by atoms with Crippen LogP contribution in [0.1, 0.15) is 64.2 Å². The number of hydrazine groups is 1. The van der Waals surface area contributed by atoms with Crippen LogP contribution in [-0.4, -0.2) is 17.1 Å². The van der Waals surface area contributed by atoms with E-state index < -0.39 is 5.03 Å². The Hall–Kier alpha value is -0.840. The quantitative estimate of drug-likeness (QED) is 0.576. The van der Waals surface area contributed by atoms with Crippen LogP contribution < -0.4 is 11.2 Å². The number of rotatable bonds is 2. The second kappa shape index (κ2) is 8.28. The van der Waals surface area contributed by atoms with E-state index in [4.69, 9.17) is 5.73 Å². The van der Waals surface area contributed by atoms with Gasteiger partial charge in [0.15, 0.2) is 5.03 Å². The molecule has 0 unspecified atom stereocenters. The summed E-state index contributed by atoms with van der Waals surface area (Å²) >= 11 is 0. The molecule has 0 spiro atoms. The lowest BCUT2D eigenvalue weighted by molar-refractivity contribution is -0.551. The van der Waals surface area contributed by atoms with Gasteiger partial charge in [0.05, 0.1) is 6.04 Å². The van der Waals surface area contributed by atoms with E-state index in [-0.39, 0.29) is 6.04 Å². The number of hydrogen-bond donors (Lipinski definition) is 2. The van der Waals surface area contributed by atoms with Gasteiger partial charge in [-0.3, -0.25) is 0 Å². The molecule has 0 aromatic rings. The molecular formula is C12H25N3O2. The summed E-state index contributed by atoms with van der Waals surface area (Å²) in [5, 5.41) is 9.53. The Balaban J connectivity index is 0.000000181. The maximum absolute atomic E-state index is 9.96. The number of nitrogens with zero attached hydrogens (tertiary/aromatic N) is 1. The van der Waals surface area contributed by atoms with Crippen molar-refractivity contribution in [3.63, 3.8) is 0 Å². The maximum Gasteiger partial charge on any atom is 0.157 e. The first-order valence-corrected chi connectivity index (χ1v) is 6.84. The monoisotopic (exact) mass is 243 g/mol. The van der Waals surface area contributed by atoms with Crippen molar-refractivity contribution < 1.29 is 5.03 Å². The van der Waals surface area contributed by atoms with Crippen molar-refractivity contribution in [3.8, 4) is 0 Å². The van der Waals surface area contributed by atoms with Crippen molar-refractivity contribution in [1.82, 2.24) is 5.43 Å². The standard InChI is InChI=1S/C6H12N2O2.C6H13N/c9-8(10)7-6-4-2-1-3-5-6;7-6-4-2-1-3-5-6/h6-7H,1-5H2;6H,1-5,7H2. The predicted octanol–water partition coefficient (Wildman–Crippen LogP) is 2.38. The molecule has 2 aliphatic rings. The zero-order valence-electron chi connectivity index (χ0n) is 10.6. The molecule has 2 aliphatic carbocycles. The van der Waals surface area contributed by atoms with Crippen LogP contribution in [0.25, 0.3) is 0 Å². The first kappa shape index (κ1) is 14.2. The minimum atomic E-state index is -0.435. The first-order chi connectivity index (χ1) is 8.18. The second-order valence-electron chi connectivity index (χ2n) is 5.12. The van der Waals surface area contributed by atoms with Crippen LogP contribution >= 0.6 is 0 Å². The van der Waals surface area contributed by atoms with E-state index in [1.807, 2.05) is 0 Å². The fourth-order valence-corrected chi connectivity index (χ4v) is 2.51. The highest BCUT2D eigenvalue weighted by Crippen LogP contribution is 2.17. The normalized spacial score (nSPS) is 22.4. The van der Waals surface area contributed by atoms with Crippen molar-refractivity contribution in [3.05, 3.63) is 10.1 Å². The van der Waals surface area contributed by atoms with Crippen LogP contribution in [0, 0.1) is 10.1 Å². The zero-order chi connectivity index (χ0) is 12.5. The molecule has 0 aliphatic heterocycles. The van der Waals surface area contributed by atoms with E-state index in [1.165, 1.54) is 38.5 Å². The molecule has 2 fully saturated rings. The number of nitrogens with two attached hydrogens (primary N) is 1. The summed E-state index contributed by atoms with van der Waals surface area (Å²) < 4.78 is 0. The summed E-state index contributed by atoms with van der Waals surface area (Å²) in [5.74, 6) is 0. The summed E-state index contributed by atoms with van der Waals surface area (Å²) in [5.41, 5.74) is 7.94. The molecule has 0 saturated heterocycles. The predicted molar refractivity (Wildman–Crippen MR) is 68.1 cm³/mol. The lowest BCUT2D eigenvalue weighted by Crippen LogP contribution is -2.35. The third-order valence-corrected chi connectivity index (χ3v) is 3.54. The number of nitrogens with one attached hydrogen (secondary N) is 1. The third-order valence-electron chi connectivity index (χ3n) is 3.54. The molecular weight excluding hydrogens is 218 g/mol. The van der Waals surface area contributed by atoms with Gasteiger partial charge in [0.1, 0.15) is 0 Å². The van der Waals surface area contributed by atoms with E-state index in [1.54, 1.807) is 0 Å². The Morgan fingerprint density at radius 2 is 1.41 bits per heavy atom. The molecule has 2 saturated carbocycles. The molecule has 0 bridgehead atoms. The fourth-order valence-electron chi connectivity index (χ4n) is 2.51. The molecule has 0 amide bonds. The van der Waals surface area contributed by atoms with Gasteiger partial charge in [0, 0.05) is 6.04 Å². The van der Waals surface area contributed by atoms with Crippen molar-refractivity contribution in [2.75, 3.05) is 0 Å². The Bertz CT molecular complexity index is 212. The topological polar surface area (TPSA) is 81.2 Å². The van der Waals surface area contributed by atoms with Crippen molar-refractivity contribution >= 4 is 0 Å². The van der Waals surface area contributed by atoms with Gasteiger partial charge in [-0.2, -0.15) is 0 Å². The van der Waals surface area contributed by atoms with Crippen LogP contribution in [0.3, 0.4) is 0 Å². The molecule has 0 radical (unpaired) electrons. The minimum Gasteiger partial charge on any atom is -0.328 e. The highest BCUT2D eigenvalue weighted by atomic mass is 16.7. The largest absolute Gasteiger partial charge is 0.328 e. The summed E-state index contributed by atoms with van der Waals surface area (Å²) in [7, 11) is 0. The molecule has 0 atom stereocenters. The Morgan fingerprint density at radius 1 is 0.941 bits per heavy atom. The highest BCUT2D eigenvalue weighted by Gasteiger charge is 2.16. The van der Waals surface area contributed by atoms with E-state index in [0.29, 0.717) is 6.04 Å². The zero-order valence-corrected chi connectivity index (χ0v) is 10.6. The van der Waals surface area contributed by atoms with Crippen LogP contribution in [-0.2, 0) is 0 Å². The van der Waals surface area contributed by atoms with Crippen molar-refractivity contribution in [1.29, 1.82) is 0 Å². The average molecular weight is 243 g/mol. The Morgan fingerprint density at radius 3 is 1.76 bits per heavy atom. The van der Waals surface area contributed by atoms with Crippen LogP contribution in [0.5, 0.6) is 0 Å². The molecule has 0 aromatic carbocycles. The third kappa shape index (κ3) is 7.15. The fraction of sp³-hybridized carbons (Fsp3) is 1.00. The molecule has 0 heterocycles. The van der Waals surface area contributed by atoms with E-state index in [2.05, 4.69) is 5.43 Å². The van der Waals surface area contributed by atoms with Gasteiger partial charge in [0.25, 0.3) is 0 Å². The van der Waals surface area contributed by atoms with E-state index >= 15 is 0 Å². The molecule has 0 aromatic heterocycles. The lowest BCUT2D eigenvalue weighted by Gasteiger charge is -2.17. The Kier molecular flexibility index (Phi) is 6.93. The Labute approximate surface area is 103 Å². The number of nitro groups is 1. The summed E-state index contributed by atoms with van der Waals surface area (Å²) in [6, 6.07) is 0.664. The van der Waals surface area contributed by atoms with Gasteiger partial charge in [-0.05, 0) is 25.7 Å². The van der Waals surface area contributed by atoms with Gasteiger partial charge >= 0.3 is 0 Å². The van der Waals surface area contributed by atoms with Crippen LogP contribution in [0.15, 0.2) is 0 Å². The van der Waals surface area contributed by atoms with E-state index in [9.17, 15) is 10.1 Å². The van der Waals surface area contributed by atoms with E-state index in [0.717, 1.165) is 25.7 Å². The summed E-state index contributed by atoms with van der Waals surface area (Å²) in [4.78, 5) is 9.96. The van der Waals surface area contributed by atoms with Crippen LogP contribution in [0.2, 0.25) is 0 Å². The molecule has 5 nitrogen and oxygen atoms in total. The molecule has 3 N–H and O–H groups in total. The van der Waals surface area contributed by atoms with Gasteiger partial charge in [-0.25, -0.2) is 10.1 Å². The maximum atomic E-state index is 9.96. The molecule has 5 heteroatoms. The molecule has 2 rings (SSSR count). The second-order valence-corrected chi connectivity index (χ2v) is 5.12. The summed E-state index contributed by atoms with van der Waals surface area (Å²) in [6.45, 7) is 0. The van der Waals surface area contributed by atoms with Gasteiger partial charge in [-0.15, -0.1) is 5.43 Å². The summed E-state index contributed by atoms with van der Waals surface area (Å²) in [6.07, 6.45) is 12.1. The molecule has 100 valence electrons.